The lowest BCUT2D eigenvalue weighted by Crippen LogP contribution is -2.05. The highest BCUT2D eigenvalue weighted by Gasteiger charge is 2.08. The zero-order valence-corrected chi connectivity index (χ0v) is 10.8. The Kier molecular flexibility index (Phi) is 4.10. The van der Waals surface area contributed by atoms with Gasteiger partial charge in [-0.3, -0.25) is 0 Å². The van der Waals surface area contributed by atoms with E-state index in [-0.39, 0.29) is 12.0 Å². The highest BCUT2D eigenvalue weighted by Crippen LogP contribution is 2.27. The molecule has 0 amide bonds. The smallest absolute Gasteiger partial charge is 0.322 e. The fraction of sp³-hybridized carbons (Fsp3) is 0.333. The Morgan fingerprint density at radius 2 is 2.29 bits per heavy atom. The van der Waals surface area contributed by atoms with Crippen molar-refractivity contribution in [2.75, 3.05) is 12.3 Å². The van der Waals surface area contributed by atoms with Gasteiger partial charge in [-0.25, -0.2) is 4.98 Å². The molecular formula is C9H11N5OS2. The van der Waals surface area contributed by atoms with Gasteiger partial charge in [0.05, 0.1) is 6.61 Å². The third kappa shape index (κ3) is 3.53. The number of aromatic nitrogens is 4. The van der Waals surface area contributed by atoms with Crippen molar-refractivity contribution in [3.8, 4) is 6.01 Å². The van der Waals surface area contributed by atoms with Crippen molar-refractivity contribution in [3.05, 3.63) is 11.6 Å². The Hall–Kier alpha value is -1.41. The molecule has 2 rings (SSSR count). The predicted octanol–water partition coefficient (Wildman–Crippen LogP) is 1.85. The van der Waals surface area contributed by atoms with Gasteiger partial charge in [-0.2, -0.15) is 15.0 Å². The van der Waals surface area contributed by atoms with Gasteiger partial charge in [0.1, 0.15) is 0 Å². The standard InChI is InChI=1S/C9H11N5OS2/c1-2-4-15-7-12-6(10)13-8(14-7)17-9-11-3-5-16-9/h3,5H,2,4H2,1H3,(H2,10,12,13,14). The van der Waals surface area contributed by atoms with Gasteiger partial charge in [0.2, 0.25) is 11.1 Å². The van der Waals surface area contributed by atoms with Gasteiger partial charge >= 0.3 is 6.01 Å². The van der Waals surface area contributed by atoms with Crippen LogP contribution in [-0.2, 0) is 0 Å². The van der Waals surface area contributed by atoms with E-state index in [0.717, 1.165) is 10.8 Å². The molecule has 2 N–H and O–H groups in total. The molecule has 0 radical (unpaired) electrons. The molecule has 0 spiro atoms. The summed E-state index contributed by atoms with van der Waals surface area (Å²) in [6.45, 7) is 2.57. The quantitative estimate of drug-likeness (QED) is 0.886. The van der Waals surface area contributed by atoms with Crippen molar-refractivity contribution in [2.24, 2.45) is 0 Å². The third-order valence-electron chi connectivity index (χ3n) is 1.64. The average molecular weight is 269 g/mol. The second kappa shape index (κ2) is 5.78. The number of thiazole rings is 1. The van der Waals surface area contributed by atoms with Crippen LogP contribution in [-0.4, -0.2) is 26.5 Å². The van der Waals surface area contributed by atoms with E-state index in [2.05, 4.69) is 19.9 Å². The van der Waals surface area contributed by atoms with Crippen LogP contribution in [0.25, 0.3) is 0 Å². The fourth-order valence-electron chi connectivity index (χ4n) is 0.995. The van der Waals surface area contributed by atoms with Crippen LogP contribution in [0.1, 0.15) is 13.3 Å². The molecule has 0 atom stereocenters. The van der Waals surface area contributed by atoms with Crippen molar-refractivity contribution >= 4 is 29.0 Å². The maximum atomic E-state index is 5.59. The zero-order chi connectivity index (χ0) is 12.1. The van der Waals surface area contributed by atoms with E-state index in [1.165, 1.54) is 23.1 Å². The Labute approximate surface area is 107 Å². The van der Waals surface area contributed by atoms with E-state index in [4.69, 9.17) is 10.5 Å². The summed E-state index contributed by atoms with van der Waals surface area (Å²) in [6, 6.07) is 0.262. The normalized spacial score (nSPS) is 10.4. The van der Waals surface area contributed by atoms with Crippen LogP contribution < -0.4 is 10.5 Å². The van der Waals surface area contributed by atoms with E-state index in [9.17, 15) is 0 Å². The summed E-state index contributed by atoms with van der Waals surface area (Å²) in [5.41, 5.74) is 5.59. The average Bonchev–Trinajstić information content (AvgIpc) is 2.78. The van der Waals surface area contributed by atoms with Gasteiger partial charge in [-0.05, 0) is 18.2 Å². The lowest BCUT2D eigenvalue weighted by atomic mass is 10.5. The van der Waals surface area contributed by atoms with E-state index in [1.807, 2.05) is 12.3 Å². The molecule has 0 aromatic carbocycles. The molecule has 0 aliphatic rings. The monoisotopic (exact) mass is 269 g/mol. The molecule has 2 heterocycles. The first-order valence-corrected chi connectivity index (χ1v) is 6.69. The number of hydrogen-bond acceptors (Lipinski definition) is 8. The van der Waals surface area contributed by atoms with E-state index >= 15 is 0 Å². The van der Waals surface area contributed by atoms with E-state index < -0.39 is 0 Å². The molecule has 17 heavy (non-hydrogen) atoms. The number of nitrogens with zero attached hydrogens (tertiary/aromatic N) is 4. The van der Waals surface area contributed by atoms with Gasteiger partial charge in [0.15, 0.2) is 4.34 Å². The summed E-state index contributed by atoms with van der Waals surface area (Å²) in [7, 11) is 0. The van der Waals surface area contributed by atoms with Crippen molar-refractivity contribution in [1.82, 2.24) is 19.9 Å². The maximum Gasteiger partial charge on any atom is 0.322 e. The number of nitrogens with two attached hydrogens (primary N) is 1. The topological polar surface area (TPSA) is 86.8 Å². The van der Waals surface area contributed by atoms with Crippen LogP contribution in [0.4, 0.5) is 5.95 Å². The van der Waals surface area contributed by atoms with Gasteiger partial charge in [-0.15, -0.1) is 11.3 Å². The van der Waals surface area contributed by atoms with Crippen LogP contribution in [0.2, 0.25) is 0 Å². The molecule has 0 bridgehead atoms. The van der Waals surface area contributed by atoms with Gasteiger partial charge in [0, 0.05) is 11.6 Å². The van der Waals surface area contributed by atoms with Gasteiger partial charge < -0.3 is 10.5 Å². The molecular weight excluding hydrogens is 258 g/mol. The Morgan fingerprint density at radius 1 is 1.41 bits per heavy atom. The molecule has 0 aliphatic heterocycles. The minimum absolute atomic E-state index is 0.158. The van der Waals surface area contributed by atoms with Crippen LogP contribution in [0.5, 0.6) is 6.01 Å². The predicted molar refractivity (Wildman–Crippen MR) is 66.3 cm³/mol. The Morgan fingerprint density at radius 3 is 3.00 bits per heavy atom. The third-order valence-corrected chi connectivity index (χ3v) is 3.38. The second-order valence-corrected chi connectivity index (χ2v) is 5.12. The molecule has 0 unspecified atom stereocenters. The fourth-order valence-corrected chi connectivity index (χ4v) is 2.47. The van der Waals surface area contributed by atoms with Crippen molar-refractivity contribution in [1.29, 1.82) is 0 Å². The van der Waals surface area contributed by atoms with Crippen molar-refractivity contribution < 1.29 is 4.74 Å². The molecule has 90 valence electrons. The summed E-state index contributed by atoms with van der Waals surface area (Å²) in [5, 5.41) is 2.39. The van der Waals surface area contributed by atoms with Gasteiger partial charge in [-0.1, -0.05) is 6.92 Å². The van der Waals surface area contributed by atoms with Crippen LogP contribution >= 0.6 is 23.1 Å². The summed E-state index contributed by atoms with van der Waals surface area (Å²) < 4.78 is 6.18. The lowest BCUT2D eigenvalue weighted by Gasteiger charge is -2.04. The molecule has 0 aliphatic carbocycles. The number of anilines is 1. The zero-order valence-electron chi connectivity index (χ0n) is 9.16. The molecule has 2 aromatic rings. The van der Waals surface area contributed by atoms with Gasteiger partial charge in [0.25, 0.3) is 0 Å². The molecule has 0 fully saturated rings. The van der Waals surface area contributed by atoms with Crippen molar-refractivity contribution in [3.63, 3.8) is 0 Å². The number of nitrogen functional groups attached to an aromatic ring is 1. The second-order valence-electron chi connectivity index (χ2n) is 3.01. The van der Waals surface area contributed by atoms with Crippen LogP contribution in [0, 0.1) is 0 Å². The first kappa shape index (κ1) is 12.1. The first-order valence-electron chi connectivity index (χ1n) is 4.99. The molecule has 2 aromatic heterocycles. The minimum atomic E-state index is 0.158. The molecule has 0 saturated heterocycles. The van der Waals surface area contributed by atoms with E-state index in [0.29, 0.717) is 11.8 Å². The van der Waals surface area contributed by atoms with Crippen molar-refractivity contribution in [2.45, 2.75) is 22.8 Å². The number of ether oxygens (including phenoxy) is 1. The minimum Gasteiger partial charge on any atom is -0.463 e. The maximum absolute atomic E-state index is 5.59. The molecule has 8 heteroatoms. The summed E-state index contributed by atoms with van der Waals surface area (Å²) in [4.78, 5) is 16.2. The summed E-state index contributed by atoms with van der Waals surface area (Å²) in [5.74, 6) is 0.158. The Balaban J connectivity index is 2.13. The first-order chi connectivity index (χ1) is 8.28. The largest absolute Gasteiger partial charge is 0.463 e. The van der Waals surface area contributed by atoms with Crippen LogP contribution in [0.3, 0.4) is 0 Å². The van der Waals surface area contributed by atoms with Crippen LogP contribution in [0.15, 0.2) is 21.1 Å². The highest BCUT2D eigenvalue weighted by atomic mass is 32.2. The molecule has 6 nitrogen and oxygen atoms in total. The SMILES string of the molecule is CCCOc1nc(N)nc(Sc2nccs2)n1. The summed E-state index contributed by atoms with van der Waals surface area (Å²) in [6.07, 6.45) is 2.62. The lowest BCUT2D eigenvalue weighted by molar-refractivity contribution is 0.288. The number of rotatable bonds is 5. The number of hydrogen-bond donors (Lipinski definition) is 1. The van der Waals surface area contributed by atoms with E-state index in [1.54, 1.807) is 6.20 Å². The Bertz CT molecular complexity index is 476. The summed E-state index contributed by atoms with van der Waals surface area (Å²) >= 11 is 2.86. The molecule has 0 saturated carbocycles. The highest BCUT2D eigenvalue weighted by molar-refractivity contribution is 8.00.